The van der Waals surface area contributed by atoms with Gasteiger partial charge in [-0.15, -0.1) is 0 Å². The van der Waals surface area contributed by atoms with Crippen LogP contribution in [0.15, 0.2) is 42.5 Å². The normalized spacial score (nSPS) is 16.4. The molecule has 6 heteroatoms. The zero-order valence-electron chi connectivity index (χ0n) is 16.5. The molecular formula is C22H25NO5. The molecule has 2 aromatic carbocycles. The van der Waals surface area contributed by atoms with Crippen molar-refractivity contribution in [1.29, 1.82) is 0 Å². The number of anilines is 1. The zero-order chi connectivity index (χ0) is 20.3. The van der Waals surface area contributed by atoms with Crippen molar-refractivity contribution in [3.05, 3.63) is 53.6 Å². The molecule has 148 valence electrons. The van der Waals surface area contributed by atoms with Crippen LogP contribution in [0.1, 0.15) is 37.8 Å². The van der Waals surface area contributed by atoms with Crippen LogP contribution in [0.4, 0.5) is 5.69 Å². The maximum atomic E-state index is 12.6. The number of carbonyl (C=O) groups is 2. The minimum atomic E-state index is -0.965. The number of aryl methyl sites for hydroxylation is 1. The van der Waals surface area contributed by atoms with Crippen LogP contribution in [0.3, 0.4) is 0 Å². The van der Waals surface area contributed by atoms with Gasteiger partial charge in [-0.2, -0.15) is 0 Å². The van der Waals surface area contributed by atoms with Crippen molar-refractivity contribution in [2.45, 2.75) is 45.8 Å². The van der Waals surface area contributed by atoms with Gasteiger partial charge in [0.25, 0.3) is 5.91 Å². The molecule has 0 radical (unpaired) electrons. The number of amides is 1. The molecule has 1 amide bonds. The van der Waals surface area contributed by atoms with Crippen molar-refractivity contribution in [3.8, 4) is 11.5 Å². The maximum Gasteiger partial charge on any atom is 0.351 e. The number of nitrogens with one attached hydrogen (secondary N) is 1. The summed E-state index contributed by atoms with van der Waals surface area (Å²) in [7, 11) is 0. The molecule has 0 bridgehead atoms. The Labute approximate surface area is 164 Å². The van der Waals surface area contributed by atoms with Crippen molar-refractivity contribution in [3.63, 3.8) is 0 Å². The lowest BCUT2D eigenvalue weighted by Crippen LogP contribution is -2.41. The zero-order valence-corrected chi connectivity index (χ0v) is 16.5. The molecule has 28 heavy (non-hydrogen) atoms. The van der Waals surface area contributed by atoms with Crippen LogP contribution in [0.2, 0.25) is 0 Å². The summed E-state index contributed by atoms with van der Waals surface area (Å²) in [6, 6.07) is 13.0. The number of ether oxygens (including phenoxy) is 3. The average molecular weight is 383 g/mol. The van der Waals surface area contributed by atoms with Gasteiger partial charge in [-0.05, 0) is 43.0 Å². The van der Waals surface area contributed by atoms with Crippen molar-refractivity contribution in [2.75, 3.05) is 11.9 Å². The number of carbonyl (C=O) groups excluding carboxylic acids is 2. The molecule has 0 aliphatic carbocycles. The van der Waals surface area contributed by atoms with E-state index in [1.807, 2.05) is 31.2 Å². The molecule has 1 aliphatic rings. The second kappa shape index (κ2) is 8.33. The monoisotopic (exact) mass is 383 g/mol. The Morgan fingerprint density at radius 1 is 1.07 bits per heavy atom. The largest absolute Gasteiger partial charge is 0.485 e. The fraction of sp³-hybridized carbons (Fsp3) is 0.364. The molecule has 0 spiro atoms. The lowest BCUT2D eigenvalue weighted by Gasteiger charge is -2.26. The molecule has 0 aromatic heterocycles. The third-order valence-corrected chi connectivity index (χ3v) is 4.61. The average Bonchev–Trinajstić information content (AvgIpc) is 2.68. The highest BCUT2D eigenvalue weighted by molar-refractivity contribution is 5.96. The van der Waals surface area contributed by atoms with Crippen molar-refractivity contribution in [2.24, 2.45) is 0 Å². The number of rotatable bonds is 5. The van der Waals surface area contributed by atoms with E-state index in [1.54, 1.807) is 18.2 Å². The molecule has 3 rings (SSSR count). The van der Waals surface area contributed by atoms with Gasteiger partial charge in [0.2, 0.25) is 6.10 Å². The van der Waals surface area contributed by atoms with E-state index in [4.69, 9.17) is 14.2 Å². The summed E-state index contributed by atoms with van der Waals surface area (Å²) in [5.41, 5.74) is 2.75. The lowest BCUT2D eigenvalue weighted by molar-refractivity contribution is -0.162. The molecule has 0 saturated carbocycles. The molecular weight excluding hydrogens is 358 g/mol. The van der Waals surface area contributed by atoms with Crippen LogP contribution in [-0.2, 0) is 14.3 Å². The summed E-state index contributed by atoms with van der Waals surface area (Å²) in [5, 5.41) is 2.90. The highest BCUT2D eigenvalue weighted by atomic mass is 16.6. The SMILES string of the molecule is Cc1cccc(C(C)C)c1NC(=O)[C@@H](C)OC(=O)[C@H]1COc2ccccc2O1. The quantitative estimate of drug-likeness (QED) is 0.795. The first-order valence-corrected chi connectivity index (χ1v) is 9.36. The number of benzene rings is 2. The van der Waals surface area contributed by atoms with Gasteiger partial charge in [0.15, 0.2) is 17.6 Å². The highest BCUT2D eigenvalue weighted by Crippen LogP contribution is 2.31. The predicted octanol–water partition coefficient (Wildman–Crippen LogP) is 3.83. The van der Waals surface area contributed by atoms with Gasteiger partial charge in [-0.3, -0.25) is 4.79 Å². The van der Waals surface area contributed by atoms with Gasteiger partial charge in [0.1, 0.15) is 6.61 Å². The fourth-order valence-corrected chi connectivity index (χ4v) is 3.01. The molecule has 2 atom stereocenters. The number of para-hydroxylation sites is 3. The van der Waals surface area contributed by atoms with Crippen molar-refractivity contribution >= 4 is 17.6 Å². The Balaban J connectivity index is 1.63. The molecule has 1 heterocycles. The van der Waals surface area contributed by atoms with Crippen LogP contribution in [-0.4, -0.2) is 30.7 Å². The third kappa shape index (κ3) is 4.27. The standard InChI is InChI=1S/C22H25NO5/c1-13(2)16-9-7-8-14(3)20(16)23-21(24)15(4)27-22(25)19-12-26-17-10-5-6-11-18(17)28-19/h5-11,13,15,19H,12H2,1-4H3,(H,23,24)/t15-,19-/m1/s1. The van der Waals surface area contributed by atoms with Gasteiger partial charge in [0, 0.05) is 5.69 Å². The topological polar surface area (TPSA) is 73.9 Å². The third-order valence-electron chi connectivity index (χ3n) is 4.61. The lowest BCUT2D eigenvalue weighted by atomic mass is 9.98. The van der Waals surface area contributed by atoms with E-state index in [0.717, 1.165) is 16.8 Å². The van der Waals surface area contributed by atoms with E-state index in [2.05, 4.69) is 19.2 Å². The molecule has 6 nitrogen and oxygen atoms in total. The van der Waals surface area contributed by atoms with E-state index in [0.29, 0.717) is 11.5 Å². The fourth-order valence-electron chi connectivity index (χ4n) is 3.01. The van der Waals surface area contributed by atoms with Crippen LogP contribution in [0.5, 0.6) is 11.5 Å². The van der Waals surface area contributed by atoms with E-state index < -0.39 is 18.2 Å². The van der Waals surface area contributed by atoms with Gasteiger partial charge in [0.05, 0.1) is 0 Å². The van der Waals surface area contributed by atoms with E-state index in [9.17, 15) is 9.59 Å². The van der Waals surface area contributed by atoms with E-state index in [-0.39, 0.29) is 18.4 Å². The Hall–Kier alpha value is -3.02. The molecule has 1 N–H and O–H groups in total. The number of fused-ring (bicyclic) bond motifs is 1. The second-order valence-corrected chi connectivity index (χ2v) is 7.13. The Morgan fingerprint density at radius 3 is 2.50 bits per heavy atom. The summed E-state index contributed by atoms with van der Waals surface area (Å²) >= 11 is 0. The van der Waals surface area contributed by atoms with Crippen molar-refractivity contribution in [1.82, 2.24) is 0 Å². The van der Waals surface area contributed by atoms with E-state index >= 15 is 0 Å². The predicted molar refractivity (Wildman–Crippen MR) is 106 cm³/mol. The Kier molecular flexibility index (Phi) is 5.87. The van der Waals surface area contributed by atoms with Crippen LogP contribution in [0, 0.1) is 6.92 Å². The summed E-state index contributed by atoms with van der Waals surface area (Å²) < 4.78 is 16.5. The van der Waals surface area contributed by atoms with Gasteiger partial charge in [-0.1, -0.05) is 44.2 Å². The number of esters is 1. The minimum absolute atomic E-state index is 0.0411. The molecule has 2 aromatic rings. The molecule has 0 saturated heterocycles. The minimum Gasteiger partial charge on any atom is -0.485 e. The van der Waals surface area contributed by atoms with Gasteiger partial charge < -0.3 is 19.5 Å². The van der Waals surface area contributed by atoms with E-state index in [1.165, 1.54) is 6.92 Å². The number of hydrogen-bond donors (Lipinski definition) is 1. The van der Waals surface area contributed by atoms with Crippen LogP contribution < -0.4 is 14.8 Å². The summed E-state index contributed by atoms with van der Waals surface area (Å²) in [4.78, 5) is 25.0. The second-order valence-electron chi connectivity index (χ2n) is 7.13. The maximum absolute atomic E-state index is 12.6. The van der Waals surface area contributed by atoms with Crippen LogP contribution >= 0.6 is 0 Å². The summed E-state index contributed by atoms with van der Waals surface area (Å²) in [6.45, 7) is 7.64. The summed E-state index contributed by atoms with van der Waals surface area (Å²) in [6.07, 6.45) is -1.87. The molecule has 0 unspecified atom stereocenters. The first kappa shape index (κ1) is 19.7. The molecule has 0 fully saturated rings. The smallest absolute Gasteiger partial charge is 0.351 e. The Bertz CT molecular complexity index is 877. The highest BCUT2D eigenvalue weighted by Gasteiger charge is 2.31. The Morgan fingerprint density at radius 2 is 1.79 bits per heavy atom. The number of hydrogen-bond acceptors (Lipinski definition) is 5. The molecule has 1 aliphatic heterocycles. The summed E-state index contributed by atoms with van der Waals surface area (Å²) in [5.74, 6) is 0.293. The van der Waals surface area contributed by atoms with Crippen molar-refractivity contribution < 1.29 is 23.8 Å². The first-order valence-electron chi connectivity index (χ1n) is 9.36. The first-order chi connectivity index (χ1) is 13.4. The van der Waals surface area contributed by atoms with Crippen LogP contribution in [0.25, 0.3) is 0 Å². The van der Waals surface area contributed by atoms with Gasteiger partial charge in [-0.25, -0.2) is 4.79 Å². The van der Waals surface area contributed by atoms with Gasteiger partial charge >= 0.3 is 5.97 Å².